The molecule has 0 aromatic carbocycles. The number of thiazole rings is 1. The van der Waals surface area contributed by atoms with Crippen molar-refractivity contribution in [2.45, 2.75) is 39.4 Å². The van der Waals surface area contributed by atoms with E-state index in [1.54, 1.807) is 11.3 Å². The number of aryl methyl sites for hydroxylation is 1. The van der Waals surface area contributed by atoms with E-state index in [1.807, 2.05) is 18.3 Å². The van der Waals surface area contributed by atoms with Crippen LogP contribution in [0.15, 0.2) is 16.8 Å². The van der Waals surface area contributed by atoms with Crippen molar-refractivity contribution in [3.63, 3.8) is 0 Å². The van der Waals surface area contributed by atoms with Crippen LogP contribution in [0.25, 0.3) is 0 Å². The lowest BCUT2D eigenvalue weighted by molar-refractivity contribution is 0.680. The largest absolute Gasteiger partial charge is 0.322 e. The molecule has 0 aliphatic rings. The van der Waals surface area contributed by atoms with E-state index in [1.165, 1.54) is 10.4 Å². The van der Waals surface area contributed by atoms with E-state index in [9.17, 15) is 0 Å². The van der Waals surface area contributed by atoms with Crippen LogP contribution in [0.5, 0.6) is 0 Å². The minimum atomic E-state index is 0.0349. The molecule has 0 bridgehead atoms. The van der Waals surface area contributed by atoms with Gasteiger partial charge in [-0.3, -0.25) is 0 Å². The summed E-state index contributed by atoms with van der Waals surface area (Å²) < 4.78 is 0. The van der Waals surface area contributed by atoms with Gasteiger partial charge < -0.3 is 11.1 Å². The van der Waals surface area contributed by atoms with Gasteiger partial charge in [0.05, 0.1) is 11.7 Å². The normalized spacial score (nSPS) is 12.8. The third kappa shape index (κ3) is 3.38. The predicted molar refractivity (Wildman–Crippen MR) is 79.0 cm³/mol. The summed E-state index contributed by atoms with van der Waals surface area (Å²) in [7, 11) is 0. The number of nitrogens with two attached hydrogens (primary N) is 1. The summed E-state index contributed by atoms with van der Waals surface area (Å²) in [6, 6.07) is 2.24. The first kappa shape index (κ1) is 13.7. The zero-order valence-corrected chi connectivity index (χ0v) is 12.4. The van der Waals surface area contributed by atoms with Crippen molar-refractivity contribution >= 4 is 22.7 Å². The first-order chi connectivity index (χ1) is 8.70. The third-order valence-electron chi connectivity index (χ3n) is 2.77. The standard InChI is InChI=1S/C13H19N3S2/c1-3-10-4-5-17-12(10)7-15-6-11-8-18-13(16-11)9(2)14/h4-5,8-9,15H,3,6-7,14H2,1-2H3. The quantitative estimate of drug-likeness (QED) is 0.855. The molecule has 18 heavy (non-hydrogen) atoms. The molecule has 0 amide bonds. The van der Waals surface area contributed by atoms with Crippen molar-refractivity contribution in [1.82, 2.24) is 10.3 Å². The van der Waals surface area contributed by atoms with Crippen LogP contribution in [0.3, 0.4) is 0 Å². The van der Waals surface area contributed by atoms with Gasteiger partial charge in [-0.2, -0.15) is 0 Å². The molecular weight excluding hydrogens is 262 g/mol. The lowest BCUT2D eigenvalue weighted by atomic mass is 10.2. The highest BCUT2D eigenvalue weighted by atomic mass is 32.1. The monoisotopic (exact) mass is 281 g/mol. The van der Waals surface area contributed by atoms with Crippen molar-refractivity contribution in [2.24, 2.45) is 5.73 Å². The van der Waals surface area contributed by atoms with E-state index in [0.717, 1.165) is 30.2 Å². The smallest absolute Gasteiger partial charge is 0.109 e. The second-order valence-corrected chi connectivity index (χ2v) is 6.18. The summed E-state index contributed by atoms with van der Waals surface area (Å²) in [5, 5.41) is 8.70. The van der Waals surface area contributed by atoms with Gasteiger partial charge in [-0.15, -0.1) is 22.7 Å². The predicted octanol–water partition coefficient (Wildman–Crippen LogP) is 3.08. The van der Waals surface area contributed by atoms with Gasteiger partial charge in [0.2, 0.25) is 0 Å². The van der Waals surface area contributed by atoms with Crippen LogP contribution in [0.4, 0.5) is 0 Å². The highest BCUT2D eigenvalue weighted by Gasteiger charge is 2.06. The highest BCUT2D eigenvalue weighted by Crippen LogP contribution is 2.18. The molecule has 0 saturated heterocycles. The average Bonchev–Trinajstić information content (AvgIpc) is 2.97. The molecule has 2 aromatic rings. The van der Waals surface area contributed by atoms with E-state index in [0.29, 0.717) is 0 Å². The molecule has 3 N–H and O–H groups in total. The molecule has 0 aliphatic heterocycles. The summed E-state index contributed by atoms with van der Waals surface area (Å²) in [6.07, 6.45) is 1.10. The first-order valence-corrected chi connectivity index (χ1v) is 7.92. The number of aromatic nitrogens is 1. The van der Waals surface area contributed by atoms with E-state index in [2.05, 4.69) is 34.1 Å². The van der Waals surface area contributed by atoms with Crippen LogP contribution in [0.2, 0.25) is 0 Å². The molecule has 2 heterocycles. The van der Waals surface area contributed by atoms with E-state index in [4.69, 9.17) is 5.73 Å². The molecular formula is C13H19N3S2. The lowest BCUT2D eigenvalue weighted by Crippen LogP contribution is -2.13. The van der Waals surface area contributed by atoms with Gasteiger partial charge >= 0.3 is 0 Å². The second kappa shape index (κ2) is 6.43. The Bertz CT molecular complexity index is 488. The van der Waals surface area contributed by atoms with Crippen molar-refractivity contribution in [3.8, 4) is 0 Å². The Morgan fingerprint density at radius 3 is 2.89 bits per heavy atom. The topological polar surface area (TPSA) is 50.9 Å². The summed E-state index contributed by atoms with van der Waals surface area (Å²) in [5.41, 5.74) is 8.33. The molecule has 0 spiro atoms. The van der Waals surface area contributed by atoms with E-state index >= 15 is 0 Å². The van der Waals surface area contributed by atoms with Gasteiger partial charge in [0.1, 0.15) is 5.01 Å². The minimum absolute atomic E-state index is 0.0349. The zero-order valence-electron chi connectivity index (χ0n) is 10.8. The Morgan fingerprint density at radius 2 is 2.22 bits per heavy atom. The highest BCUT2D eigenvalue weighted by molar-refractivity contribution is 7.10. The van der Waals surface area contributed by atoms with Gasteiger partial charge in [-0.1, -0.05) is 6.92 Å². The van der Waals surface area contributed by atoms with Crippen molar-refractivity contribution < 1.29 is 0 Å². The van der Waals surface area contributed by atoms with E-state index in [-0.39, 0.29) is 6.04 Å². The fourth-order valence-corrected chi connectivity index (χ4v) is 3.48. The number of thiophene rings is 1. The molecule has 0 saturated carbocycles. The maximum atomic E-state index is 5.80. The molecule has 2 aromatic heterocycles. The maximum absolute atomic E-state index is 5.80. The Kier molecular flexibility index (Phi) is 4.88. The van der Waals surface area contributed by atoms with Crippen LogP contribution in [-0.2, 0) is 19.5 Å². The van der Waals surface area contributed by atoms with Gasteiger partial charge in [-0.25, -0.2) is 4.98 Å². The second-order valence-electron chi connectivity index (χ2n) is 4.29. The molecule has 2 rings (SSSR count). The Morgan fingerprint density at radius 1 is 1.39 bits per heavy atom. The van der Waals surface area contributed by atoms with Crippen molar-refractivity contribution in [2.75, 3.05) is 0 Å². The molecule has 0 fully saturated rings. The summed E-state index contributed by atoms with van der Waals surface area (Å²) in [5.74, 6) is 0. The SMILES string of the molecule is CCc1ccsc1CNCc1csc(C(C)N)n1. The number of hydrogen-bond donors (Lipinski definition) is 2. The number of hydrogen-bond acceptors (Lipinski definition) is 5. The molecule has 1 unspecified atom stereocenters. The number of nitrogens with zero attached hydrogens (tertiary/aromatic N) is 1. The lowest BCUT2D eigenvalue weighted by Gasteiger charge is -2.03. The third-order valence-corrected chi connectivity index (χ3v) is 4.83. The summed E-state index contributed by atoms with van der Waals surface area (Å²) >= 11 is 3.46. The van der Waals surface area contributed by atoms with Crippen LogP contribution in [0.1, 0.15) is 41.0 Å². The molecule has 1 atom stereocenters. The number of rotatable bonds is 6. The minimum Gasteiger partial charge on any atom is -0.322 e. The Balaban J connectivity index is 1.84. The molecule has 3 nitrogen and oxygen atoms in total. The molecule has 0 aliphatic carbocycles. The van der Waals surface area contributed by atoms with Gasteiger partial charge in [-0.05, 0) is 30.4 Å². The van der Waals surface area contributed by atoms with Crippen LogP contribution >= 0.6 is 22.7 Å². The van der Waals surface area contributed by atoms with Gasteiger partial charge in [0, 0.05) is 23.3 Å². The first-order valence-electron chi connectivity index (χ1n) is 6.16. The average molecular weight is 281 g/mol. The Labute approximate surface area is 116 Å². The van der Waals surface area contributed by atoms with Crippen LogP contribution in [-0.4, -0.2) is 4.98 Å². The Hall–Kier alpha value is -0.750. The maximum Gasteiger partial charge on any atom is 0.109 e. The van der Waals surface area contributed by atoms with Crippen molar-refractivity contribution in [3.05, 3.63) is 38.0 Å². The fourth-order valence-electron chi connectivity index (χ4n) is 1.75. The van der Waals surface area contributed by atoms with E-state index < -0.39 is 0 Å². The fraction of sp³-hybridized carbons (Fsp3) is 0.462. The van der Waals surface area contributed by atoms with Crippen LogP contribution < -0.4 is 11.1 Å². The van der Waals surface area contributed by atoms with Crippen molar-refractivity contribution in [1.29, 1.82) is 0 Å². The van der Waals surface area contributed by atoms with Gasteiger partial charge in [0.15, 0.2) is 0 Å². The summed E-state index contributed by atoms with van der Waals surface area (Å²) in [4.78, 5) is 5.94. The molecule has 0 radical (unpaired) electrons. The zero-order chi connectivity index (χ0) is 13.0. The summed E-state index contributed by atoms with van der Waals surface area (Å²) in [6.45, 7) is 5.90. The molecule has 98 valence electrons. The van der Waals surface area contributed by atoms with Gasteiger partial charge in [0.25, 0.3) is 0 Å². The van der Waals surface area contributed by atoms with Crippen LogP contribution in [0, 0.1) is 0 Å². The number of nitrogens with one attached hydrogen (secondary N) is 1. The molecule has 5 heteroatoms.